The summed E-state index contributed by atoms with van der Waals surface area (Å²) in [4.78, 5) is 23.1. The lowest BCUT2D eigenvalue weighted by atomic mass is 9.79. The minimum Gasteiger partial charge on any atom is -0.361 e. The third-order valence-electron chi connectivity index (χ3n) is 3.74. The van der Waals surface area contributed by atoms with Crippen molar-refractivity contribution in [3.05, 3.63) is 0 Å². The second kappa shape index (κ2) is 6.15. The van der Waals surface area contributed by atoms with E-state index in [1.165, 1.54) is 6.92 Å². The van der Waals surface area contributed by atoms with Crippen molar-refractivity contribution in [1.29, 1.82) is 0 Å². The van der Waals surface area contributed by atoms with Gasteiger partial charge in [-0.15, -0.1) is 0 Å². The molecule has 1 heterocycles. The number of carbonyl (C=O) groups is 2. The maximum Gasteiger partial charge on any atom is 0.251 e. The molecule has 0 radical (unpaired) electrons. The summed E-state index contributed by atoms with van der Waals surface area (Å²) in [5.41, 5.74) is 5.66. The van der Waals surface area contributed by atoms with Crippen molar-refractivity contribution < 1.29 is 14.3 Å². The van der Waals surface area contributed by atoms with Gasteiger partial charge < -0.3 is 21.1 Å². The van der Waals surface area contributed by atoms with Gasteiger partial charge in [-0.25, -0.2) is 0 Å². The summed E-state index contributed by atoms with van der Waals surface area (Å²) < 4.78 is 5.73. The van der Waals surface area contributed by atoms with E-state index in [2.05, 4.69) is 10.6 Å². The molecule has 1 saturated heterocycles. The van der Waals surface area contributed by atoms with Crippen LogP contribution in [0.15, 0.2) is 0 Å². The number of carbonyl (C=O) groups excluding carboxylic acids is 2. The SMILES string of the molecule is CNC(=O)[C@@H]1O[C@H](CN)C(C)C(C)C1NC(C)=O. The molecule has 0 saturated carbocycles. The third-order valence-corrected chi connectivity index (χ3v) is 3.74. The number of ether oxygens (including phenoxy) is 1. The lowest BCUT2D eigenvalue weighted by Crippen LogP contribution is -2.62. The molecule has 0 spiro atoms. The molecule has 0 aromatic carbocycles. The number of nitrogens with two attached hydrogens (primary N) is 1. The van der Waals surface area contributed by atoms with Gasteiger partial charge in [0, 0.05) is 20.5 Å². The van der Waals surface area contributed by atoms with Crippen LogP contribution in [0.4, 0.5) is 0 Å². The Balaban J connectivity index is 2.93. The highest BCUT2D eigenvalue weighted by Crippen LogP contribution is 2.30. The molecule has 1 fully saturated rings. The maximum absolute atomic E-state index is 11.8. The molecule has 0 aliphatic carbocycles. The number of nitrogens with one attached hydrogen (secondary N) is 2. The summed E-state index contributed by atoms with van der Waals surface area (Å²) in [7, 11) is 1.55. The Labute approximate surface area is 108 Å². The van der Waals surface area contributed by atoms with Gasteiger partial charge in [-0.1, -0.05) is 13.8 Å². The van der Waals surface area contributed by atoms with Crippen LogP contribution in [0, 0.1) is 11.8 Å². The molecule has 1 aliphatic rings. The number of hydrogen-bond acceptors (Lipinski definition) is 4. The van der Waals surface area contributed by atoms with Gasteiger partial charge in [-0.05, 0) is 11.8 Å². The lowest BCUT2D eigenvalue weighted by molar-refractivity contribution is -0.157. The molecule has 5 atom stereocenters. The average molecular weight is 257 g/mol. The van der Waals surface area contributed by atoms with Crippen molar-refractivity contribution in [2.75, 3.05) is 13.6 Å². The van der Waals surface area contributed by atoms with Gasteiger partial charge in [-0.3, -0.25) is 9.59 Å². The summed E-state index contributed by atoms with van der Waals surface area (Å²) in [6.07, 6.45) is -0.842. The number of likely N-dealkylation sites (N-methyl/N-ethyl adjacent to an activating group) is 1. The van der Waals surface area contributed by atoms with Gasteiger partial charge in [0.25, 0.3) is 5.91 Å². The summed E-state index contributed by atoms with van der Waals surface area (Å²) in [5, 5.41) is 5.37. The Morgan fingerprint density at radius 2 is 1.89 bits per heavy atom. The summed E-state index contributed by atoms with van der Waals surface area (Å²) in [6, 6.07) is -0.319. The predicted molar refractivity (Wildman–Crippen MR) is 67.7 cm³/mol. The summed E-state index contributed by atoms with van der Waals surface area (Å²) >= 11 is 0. The van der Waals surface area contributed by atoms with Gasteiger partial charge in [-0.2, -0.15) is 0 Å². The summed E-state index contributed by atoms with van der Waals surface area (Å²) in [5.74, 6) is -0.0834. The Morgan fingerprint density at radius 3 is 2.33 bits per heavy atom. The monoisotopic (exact) mass is 257 g/mol. The van der Waals surface area contributed by atoms with Crippen LogP contribution in [0.1, 0.15) is 20.8 Å². The zero-order valence-electron chi connectivity index (χ0n) is 11.4. The van der Waals surface area contributed by atoms with Crippen LogP contribution in [0.25, 0.3) is 0 Å². The average Bonchev–Trinajstić information content (AvgIpc) is 2.34. The Morgan fingerprint density at radius 1 is 1.28 bits per heavy atom. The van der Waals surface area contributed by atoms with E-state index in [1.807, 2.05) is 13.8 Å². The molecule has 0 aromatic heterocycles. The molecule has 0 aromatic rings. The zero-order chi connectivity index (χ0) is 13.9. The molecule has 2 amide bonds. The lowest BCUT2D eigenvalue weighted by Gasteiger charge is -2.44. The second-order valence-corrected chi connectivity index (χ2v) is 4.89. The Kier molecular flexibility index (Phi) is 5.10. The molecule has 0 bridgehead atoms. The van der Waals surface area contributed by atoms with Crippen LogP contribution in [-0.4, -0.2) is 43.7 Å². The van der Waals surface area contributed by atoms with Crippen LogP contribution in [0.5, 0.6) is 0 Å². The van der Waals surface area contributed by atoms with E-state index >= 15 is 0 Å². The summed E-state index contributed by atoms with van der Waals surface area (Å²) in [6.45, 7) is 5.84. The van der Waals surface area contributed by atoms with Crippen LogP contribution in [-0.2, 0) is 14.3 Å². The van der Waals surface area contributed by atoms with Crippen molar-refractivity contribution in [1.82, 2.24) is 10.6 Å². The predicted octanol–water partition coefficient (Wildman–Crippen LogP) is -0.765. The quantitative estimate of drug-likeness (QED) is 0.619. The van der Waals surface area contributed by atoms with E-state index < -0.39 is 6.10 Å². The van der Waals surface area contributed by atoms with Gasteiger partial charge >= 0.3 is 0 Å². The van der Waals surface area contributed by atoms with Crippen molar-refractivity contribution >= 4 is 11.8 Å². The van der Waals surface area contributed by atoms with Crippen LogP contribution in [0.2, 0.25) is 0 Å². The first-order chi connectivity index (χ1) is 8.42. The van der Waals surface area contributed by atoms with E-state index in [9.17, 15) is 9.59 Å². The number of hydrogen-bond donors (Lipinski definition) is 3. The smallest absolute Gasteiger partial charge is 0.251 e. The van der Waals surface area contributed by atoms with E-state index in [-0.39, 0.29) is 35.8 Å². The van der Waals surface area contributed by atoms with Crippen molar-refractivity contribution in [2.45, 2.75) is 39.0 Å². The molecular weight excluding hydrogens is 234 g/mol. The van der Waals surface area contributed by atoms with Crippen LogP contribution < -0.4 is 16.4 Å². The molecule has 1 aliphatic heterocycles. The minimum absolute atomic E-state index is 0.124. The molecule has 3 unspecified atom stereocenters. The van der Waals surface area contributed by atoms with E-state index in [0.29, 0.717) is 6.54 Å². The highest BCUT2D eigenvalue weighted by atomic mass is 16.5. The largest absolute Gasteiger partial charge is 0.361 e. The number of rotatable bonds is 3. The van der Waals surface area contributed by atoms with E-state index in [1.54, 1.807) is 7.05 Å². The normalized spacial score (nSPS) is 35.9. The zero-order valence-corrected chi connectivity index (χ0v) is 11.4. The fourth-order valence-corrected chi connectivity index (χ4v) is 2.42. The fourth-order valence-electron chi connectivity index (χ4n) is 2.42. The van der Waals surface area contributed by atoms with Gasteiger partial charge in [0.15, 0.2) is 6.10 Å². The van der Waals surface area contributed by atoms with Gasteiger partial charge in [0.1, 0.15) is 0 Å². The van der Waals surface area contributed by atoms with Gasteiger partial charge in [0.2, 0.25) is 5.91 Å². The minimum atomic E-state index is -0.682. The first kappa shape index (κ1) is 14.9. The molecule has 18 heavy (non-hydrogen) atoms. The van der Waals surface area contributed by atoms with Crippen LogP contribution in [0.3, 0.4) is 0 Å². The second-order valence-electron chi connectivity index (χ2n) is 4.89. The number of amides is 2. The van der Waals surface area contributed by atoms with Crippen molar-refractivity contribution in [3.63, 3.8) is 0 Å². The molecule has 4 N–H and O–H groups in total. The molecular formula is C12H23N3O3. The Hall–Kier alpha value is -1.14. The standard InChI is InChI=1S/C12H23N3O3/c1-6-7(2)10(15-8(3)16)11(12(17)14-4)18-9(6)5-13/h6-7,9-11H,5,13H2,1-4H3,(H,14,17)(H,15,16)/t6?,7?,9-,10?,11-/m1/s1. The molecule has 104 valence electrons. The molecule has 1 rings (SSSR count). The topological polar surface area (TPSA) is 93.4 Å². The maximum atomic E-state index is 11.8. The first-order valence-corrected chi connectivity index (χ1v) is 6.26. The third kappa shape index (κ3) is 3.00. The Bertz CT molecular complexity index is 322. The van der Waals surface area contributed by atoms with Crippen molar-refractivity contribution in [2.24, 2.45) is 17.6 Å². The van der Waals surface area contributed by atoms with Crippen LogP contribution >= 0.6 is 0 Å². The van der Waals surface area contributed by atoms with E-state index in [0.717, 1.165) is 0 Å². The highest BCUT2D eigenvalue weighted by Gasteiger charge is 2.44. The molecule has 6 heteroatoms. The highest BCUT2D eigenvalue weighted by molar-refractivity contribution is 5.83. The molecule has 6 nitrogen and oxygen atoms in total. The van der Waals surface area contributed by atoms with E-state index in [4.69, 9.17) is 10.5 Å². The first-order valence-electron chi connectivity index (χ1n) is 6.26. The fraction of sp³-hybridized carbons (Fsp3) is 0.833. The van der Waals surface area contributed by atoms with Gasteiger partial charge in [0.05, 0.1) is 12.1 Å². The van der Waals surface area contributed by atoms with Crippen molar-refractivity contribution in [3.8, 4) is 0 Å².